The highest BCUT2D eigenvalue weighted by atomic mass is 15.2. The summed E-state index contributed by atoms with van der Waals surface area (Å²) in [4.78, 5) is 6.79. The van der Waals surface area contributed by atoms with E-state index in [0.717, 1.165) is 18.9 Å². The van der Waals surface area contributed by atoms with Crippen LogP contribution in [-0.2, 0) is 0 Å². The van der Waals surface area contributed by atoms with E-state index in [0.29, 0.717) is 6.54 Å². The maximum absolute atomic E-state index is 5.46. The molecule has 1 fully saturated rings. The van der Waals surface area contributed by atoms with E-state index >= 15 is 0 Å². The van der Waals surface area contributed by atoms with Crippen molar-refractivity contribution in [2.75, 3.05) is 24.5 Å². The van der Waals surface area contributed by atoms with Gasteiger partial charge in [0.15, 0.2) is 0 Å². The highest BCUT2D eigenvalue weighted by Crippen LogP contribution is 2.22. The number of hydrogen-bond donors (Lipinski definition) is 1. The summed E-state index contributed by atoms with van der Waals surface area (Å²) in [5.41, 5.74) is 6.63. The topological polar surface area (TPSA) is 42.1 Å². The monoisotopic (exact) mass is 203 g/mol. The smallest absolute Gasteiger partial charge is 0.135 e. The third-order valence-corrected chi connectivity index (χ3v) is 2.66. The molecule has 0 spiro atoms. The molecule has 0 atom stereocenters. The molecule has 0 radical (unpaired) electrons. The number of nitrogens with zero attached hydrogens (tertiary/aromatic N) is 2. The molecule has 80 valence electrons. The Balaban J connectivity index is 2.24. The molecule has 1 aromatic heterocycles. The first kappa shape index (κ1) is 10.2. The van der Waals surface area contributed by atoms with Crippen molar-refractivity contribution in [2.45, 2.75) is 12.8 Å². The van der Waals surface area contributed by atoms with Gasteiger partial charge in [-0.1, -0.05) is 12.2 Å². The summed E-state index contributed by atoms with van der Waals surface area (Å²) in [5.74, 6) is 1.10. The quantitative estimate of drug-likeness (QED) is 0.812. The second kappa shape index (κ2) is 4.94. The molecule has 0 bridgehead atoms. The number of pyridine rings is 1. The van der Waals surface area contributed by atoms with Crippen LogP contribution in [0.25, 0.3) is 6.08 Å². The number of aromatic nitrogens is 1. The van der Waals surface area contributed by atoms with Gasteiger partial charge < -0.3 is 10.6 Å². The number of hydrogen-bond acceptors (Lipinski definition) is 3. The van der Waals surface area contributed by atoms with Gasteiger partial charge in [-0.05, 0) is 25.0 Å². The van der Waals surface area contributed by atoms with Gasteiger partial charge in [0.1, 0.15) is 5.82 Å². The molecule has 0 amide bonds. The first-order chi connectivity index (χ1) is 7.42. The molecule has 2 rings (SSSR count). The van der Waals surface area contributed by atoms with Gasteiger partial charge in [0.2, 0.25) is 0 Å². The van der Waals surface area contributed by atoms with Crippen LogP contribution in [0.4, 0.5) is 5.82 Å². The molecule has 0 aromatic carbocycles. The molecule has 0 aliphatic carbocycles. The van der Waals surface area contributed by atoms with E-state index in [1.165, 1.54) is 18.4 Å². The molecule has 2 N–H and O–H groups in total. The van der Waals surface area contributed by atoms with Gasteiger partial charge in [0.05, 0.1) is 0 Å². The second-order valence-corrected chi connectivity index (χ2v) is 3.75. The Hall–Kier alpha value is -1.35. The van der Waals surface area contributed by atoms with Gasteiger partial charge in [-0.3, -0.25) is 0 Å². The Bertz CT molecular complexity index is 340. The summed E-state index contributed by atoms with van der Waals surface area (Å²) in [6.07, 6.45) is 8.43. The summed E-state index contributed by atoms with van der Waals surface area (Å²) >= 11 is 0. The fourth-order valence-corrected chi connectivity index (χ4v) is 1.93. The SMILES string of the molecule is NC/C=C/c1cccnc1N1CCCC1. The molecular formula is C12H17N3. The lowest BCUT2D eigenvalue weighted by molar-refractivity contribution is 0.935. The molecule has 15 heavy (non-hydrogen) atoms. The highest BCUT2D eigenvalue weighted by Gasteiger charge is 2.15. The van der Waals surface area contributed by atoms with Crippen LogP contribution < -0.4 is 10.6 Å². The largest absolute Gasteiger partial charge is 0.356 e. The lowest BCUT2D eigenvalue weighted by Gasteiger charge is -2.18. The van der Waals surface area contributed by atoms with Crippen molar-refractivity contribution in [3.05, 3.63) is 30.0 Å². The Kier molecular flexibility index (Phi) is 3.35. The molecule has 1 aliphatic heterocycles. The molecule has 1 aliphatic rings. The Labute approximate surface area is 90.6 Å². The molecule has 0 saturated carbocycles. The van der Waals surface area contributed by atoms with Gasteiger partial charge in [-0.25, -0.2) is 4.98 Å². The zero-order chi connectivity index (χ0) is 10.5. The molecule has 0 unspecified atom stereocenters. The van der Waals surface area contributed by atoms with Gasteiger partial charge in [-0.2, -0.15) is 0 Å². The maximum Gasteiger partial charge on any atom is 0.135 e. The second-order valence-electron chi connectivity index (χ2n) is 3.75. The predicted octanol–water partition coefficient (Wildman–Crippen LogP) is 1.65. The molecule has 3 nitrogen and oxygen atoms in total. The van der Waals surface area contributed by atoms with Crippen molar-refractivity contribution in [3.8, 4) is 0 Å². The van der Waals surface area contributed by atoms with Crippen LogP contribution >= 0.6 is 0 Å². The van der Waals surface area contributed by atoms with E-state index in [9.17, 15) is 0 Å². The van der Waals surface area contributed by atoms with Crippen LogP contribution in [0.5, 0.6) is 0 Å². The molecule has 1 aromatic rings. The Morgan fingerprint density at radius 2 is 2.20 bits per heavy atom. The predicted molar refractivity (Wildman–Crippen MR) is 63.8 cm³/mol. The maximum atomic E-state index is 5.46. The first-order valence-electron chi connectivity index (χ1n) is 5.48. The third-order valence-electron chi connectivity index (χ3n) is 2.66. The van der Waals surface area contributed by atoms with E-state index in [4.69, 9.17) is 5.73 Å². The minimum absolute atomic E-state index is 0.578. The zero-order valence-corrected chi connectivity index (χ0v) is 8.89. The molecule has 3 heteroatoms. The van der Waals surface area contributed by atoms with Crippen LogP contribution in [0.15, 0.2) is 24.4 Å². The van der Waals surface area contributed by atoms with E-state index in [-0.39, 0.29) is 0 Å². The minimum atomic E-state index is 0.578. The fraction of sp³-hybridized carbons (Fsp3) is 0.417. The summed E-state index contributed by atoms with van der Waals surface area (Å²) in [6.45, 7) is 2.83. The average molecular weight is 203 g/mol. The summed E-state index contributed by atoms with van der Waals surface area (Å²) in [6, 6.07) is 4.06. The van der Waals surface area contributed by atoms with Crippen molar-refractivity contribution >= 4 is 11.9 Å². The zero-order valence-electron chi connectivity index (χ0n) is 8.89. The molecule has 1 saturated heterocycles. The number of anilines is 1. The van der Waals surface area contributed by atoms with Crippen LogP contribution in [0.3, 0.4) is 0 Å². The van der Waals surface area contributed by atoms with Gasteiger partial charge in [0, 0.05) is 31.4 Å². The minimum Gasteiger partial charge on any atom is -0.356 e. The summed E-state index contributed by atoms with van der Waals surface area (Å²) in [5, 5.41) is 0. The van der Waals surface area contributed by atoms with Crippen LogP contribution in [0.1, 0.15) is 18.4 Å². The van der Waals surface area contributed by atoms with Crippen LogP contribution in [0.2, 0.25) is 0 Å². The fourth-order valence-electron chi connectivity index (χ4n) is 1.93. The Morgan fingerprint density at radius 1 is 1.40 bits per heavy atom. The Morgan fingerprint density at radius 3 is 2.93 bits per heavy atom. The lowest BCUT2D eigenvalue weighted by atomic mass is 10.2. The van der Waals surface area contributed by atoms with Crippen molar-refractivity contribution < 1.29 is 0 Å². The summed E-state index contributed by atoms with van der Waals surface area (Å²) in [7, 11) is 0. The third kappa shape index (κ3) is 2.36. The van der Waals surface area contributed by atoms with E-state index in [2.05, 4.69) is 22.0 Å². The van der Waals surface area contributed by atoms with Gasteiger partial charge >= 0.3 is 0 Å². The van der Waals surface area contributed by atoms with Gasteiger partial charge in [0.25, 0.3) is 0 Å². The lowest BCUT2D eigenvalue weighted by Crippen LogP contribution is -2.19. The van der Waals surface area contributed by atoms with E-state index in [1.54, 1.807) is 0 Å². The first-order valence-corrected chi connectivity index (χ1v) is 5.48. The van der Waals surface area contributed by atoms with E-state index in [1.807, 2.05) is 18.3 Å². The summed E-state index contributed by atoms with van der Waals surface area (Å²) < 4.78 is 0. The van der Waals surface area contributed by atoms with Crippen molar-refractivity contribution in [3.63, 3.8) is 0 Å². The number of rotatable bonds is 3. The molecule has 2 heterocycles. The van der Waals surface area contributed by atoms with E-state index < -0.39 is 0 Å². The van der Waals surface area contributed by atoms with Gasteiger partial charge in [-0.15, -0.1) is 0 Å². The van der Waals surface area contributed by atoms with Crippen LogP contribution in [0, 0.1) is 0 Å². The molecular weight excluding hydrogens is 186 g/mol. The van der Waals surface area contributed by atoms with Crippen molar-refractivity contribution in [1.29, 1.82) is 0 Å². The standard InChI is InChI=1S/C12H17N3/c13-7-3-5-11-6-4-8-14-12(11)15-9-1-2-10-15/h3-6,8H,1-2,7,9-10,13H2/b5-3+. The van der Waals surface area contributed by atoms with Crippen molar-refractivity contribution in [2.24, 2.45) is 5.73 Å². The van der Waals surface area contributed by atoms with Crippen LogP contribution in [-0.4, -0.2) is 24.6 Å². The normalized spacial score (nSPS) is 16.5. The number of nitrogens with two attached hydrogens (primary N) is 1. The van der Waals surface area contributed by atoms with Crippen molar-refractivity contribution in [1.82, 2.24) is 4.98 Å². The highest BCUT2D eigenvalue weighted by molar-refractivity contribution is 5.64. The average Bonchev–Trinajstić information content (AvgIpc) is 2.80.